The second-order valence-corrected chi connectivity index (χ2v) is 4.43. The second kappa shape index (κ2) is 4.22. The van der Waals surface area contributed by atoms with Crippen molar-refractivity contribution in [2.24, 2.45) is 11.7 Å². The Labute approximate surface area is 94.6 Å². The minimum Gasteiger partial charge on any atom is -0.327 e. The molecule has 0 spiro atoms. The van der Waals surface area contributed by atoms with Crippen molar-refractivity contribution in [1.82, 2.24) is 0 Å². The van der Waals surface area contributed by atoms with Gasteiger partial charge in [-0.05, 0) is 23.8 Å². The normalized spacial score (nSPS) is 28.5. The highest BCUT2D eigenvalue weighted by Gasteiger charge is 2.38. The van der Waals surface area contributed by atoms with Crippen molar-refractivity contribution in [3.63, 3.8) is 0 Å². The molecule has 2 rings (SSSR count). The van der Waals surface area contributed by atoms with E-state index >= 15 is 0 Å². The van der Waals surface area contributed by atoms with Crippen LogP contribution in [0.1, 0.15) is 31.2 Å². The van der Waals surface area contributed by atoms with Crippen LogP contribution in [0, 0.1) is 16.0 Å². The first-order chi connectivity index (χ1) is 7.63. The number of rotatable bonds is 3. The zero-order chi connectivity index (χ0) is 11.7. The van der Waals surface area contributed by atoms with Gasteiger partial charge in [0.2, 0.25) is 0 Å². The van der Waals surface area contributed by atoms with Crippen LogP contribution in [0.5, 0.6) is 0 Å². The van der Waals surface area contributed by atoms with Gasteiger partial charge < -0.3 is 5.73 Å². The van der Waals surface area contributed by atoms with Gasteiger partial charge in [0, 0.05) is 18.2 Å². The highest BCUT2D eigenvalue weighted by atomic mass is 16.6. The molecule has 0 aliphatic heterocycles. The van der Waals surface area contributed by atoms with E-state index in [1.165, 1.54) is 6.07 Å². The maximum Gasteiger partial charge on any atom is 0.269 e. The molecular weight excluding hydrogens is 204 g/mol. The Morgan fingerprint density at radius 3 is 2.88 bits per heavy atom. The average molecular weight is 220 g/mol. The first-order valence-electron chi connectivity index (χ1n) is 5.63. The van der Waals surface area contributed by atoms with Crippen LogP contribution < -0.4 is 5.73 Å². The van der Waals surface area contributed by atoms with E-state index in [1.54, 1.807) is 12.1 Å². The van der Waals surface area contributed by atoms with Crippen molar-refractivity contribution >= 4 is 5.69 Å². The molecule has 0 amide bonds. The average Bonchev–Trinajstić information content (AvgIpc) is 2.26. The summed E-state index contributed by atoms with van der Waals surface area (Å²) in [4.78, 5) is 10.3. The number of hydrogen-bond donors (Lipinski definition) is 1. The molecule has 0 radical (unpaired) electrons. The molecule has 3 atom stereocenters. The van der Waals surface area contributed by atoms with Gasteiger partial charge in [-0.2, -0.15) is 0 Å². The van der Waals surface area contributed by atoms with E-state index in [9.17, 15) is 10.1 Å². The smallest absolute Gasteiger partial charge is 0.269 e. The van der Waals surface area contributed by atoms with Gasteiger partial charge in [-0.3, -0.25) is 10.1 Å². The number of hydrogen-bond acceptors (Lipinski definition) is 3. The van der Waals surface area contributed by atoms with Crippen molar-refractivity contribution < 1.29 is 4.92 Å². The van der Waals surface area contributed by atoms with Gasteiger partial charge in [-0.1, -0.05) is 25.5 Å². The van der Waals surface area contributed by atoms with Crippen LogP contribution in [-0.4, -0.2) is 11.0 Å². The van der Waals surface area contributed by atoms with E-state index in [1.807, 2.05) is 6.07 Å². The van der Waals surface area contributed by atoms with Gasteiger partial charge in [-0.25, -0.2) is 0 Å². The Kier molecular flexibility index (Phi) is 2.92. The van der Waals surface area contributed by atoms with Crippen LogP contribution in [-0.2, 0) is 0 Å². The van der Waals surface area contributed by atoms with Crippen LogP contribution in [0.2, 0.25) is 0 Å². The van der Waals surface area contributed by atoms with Crippen molar-refractivity contribution in [2.45, 2.75) is 31.7 Å². The fourth-order valence-corrected chi connectivity index (χ4v) is 2.58. The van der Waals surface area contributed by atoms with E-state index in [0.29, 0.717) is 11.8 Å². The van der Waals surface area contributed by atoms with Crippen molar-refractivity contribution in [3.8, 4) is 0 Å². The Balaban J connectivity index is 2.21. The zero-order valence-corrected chi connectivity index (χ0v) is 9.30. The molecule has 1 saturated carbocycles. The Bertz CT molecular complexity index is 406. The number of non-ortho nitro benzene ring substituents is 1. The van der Waals surface area contributed by atoms with Gasteiger partial charge in [0.1, 0.15) is 0 Å². The van der Waals surface area contributed by atoms with Gasteiger partial charge in [0.25, 0.3) is 5.69 Å². The Hall–Kier alpha value is -1.42. The van der Waals surface area contributed by atoms with Crippen molar-refractivity contribution in [2.75, 3.05) is 0 Å². The van der Waals surface area contributed by atoms with Crippen LogP contribution in [0.15, 0.2) is 24.3 Å². The molecule has 4 nitrogen and oxygen atoms in total. The SMILES string of the molecule is CCC1C(N)CC1c1cccc([N+](=O)[O-])c1. The summed E-state index contributed by atoms with van der Waals surface area (Å²) in [5.41, 5.74) is 7.16. The highest BCUT2D eigenvalue weighted by molar-refractivity contribution is 5.37. The van der Waals surface area contributed by atoms with Crippen LogP contribution in [0.25, 0.3) is 0 Å². The van der Waals surface area contributed by atoms with E-state index in [2.05, 4.69) is 6.92 Å². The molecule has 0 bridgehead atoms. The van der Waals surface area contributed by atoms with Crippen LogP contribution >= 0.6 is 0 Å². The molecule has 1 fully saturated rings. The topological polar surface area (TPSA) is 69.2 Å². The lowest BCUT2D eigenvalue weighted by Gasteiger charge is -2.42. The molecule has 0 heterocycles. The first-order valence-corrected chi connectivity index (χ1v) is 5.63. The molecule has 86 valence electrons. The van der Waals surface area contributed by atoms with E-state index in [4.69, 9.17) is 5.73 Å². The minimum absolute atomic E-state index is 0.174. The van der Waals surface area contributed by atoms with E-state index in [0.717, 1.165) is 18.4 Å². The number of nitro groups is 1. The summed E-state index contributed by atoms with van der Waals surface area (Å²) in [7, 11) is 0. The fraction of sp³-hybridized carbons (Fsp3) is 0.500. The monoisotopic (exact) mass is 220 g/mol. The maximum absolute atomic E-state index is 10.7. The molecule has 3 unspecified atom stereocenters. The summed E-state index contributed by atoms with van der Waals surface area (Å²) < 4.78 is 0. The predicted octanol–water partition coefficient (Wildman–Crippen LogP) is 2.44. The number of nitrogens with two attached hydrogens (primary N) is 1. The molecule has 1 aromatic carbocycles. The third-order valence-corrected chi connectivity index (χ3v) is 3.57. The summed E-state index contributed by atoms with van der Waals surface area (Å²) in [5, 5.41) is 10.7. The summed E-state index contributed by atoms with van der Waals surface area (Å²) in [6, 6.07) is 7.19. The fourth-order valence-electron chi connectivity index (χ4n) is 2.58. The molecule has 0 aromatic heterocycles. The Morgan fingerprint density at radius 1 is 1.56 bits per heavy atom. The van der Waals surface area contributed by atoms with Crippen molar-refractivity contribution in [3.05, 3.63) is 39.9 Å². The standard InChI is InChI=1S/C12H16N2O2/c1-2-10-11(7-12(10)13)8-4-3-5-9(6-8)14(15)16/h3-6,10-12H,2,7,13H2,1H3. The summed E-state index contributed by atoms with van der Waals surface area (Å²) >= 11 is 0. The van der Waals surface area contributed by atoms with E-state index in [-0.39, 0.29) is 16.7 Å². The zero-order valence-electron chi connectivity index (χ0n) is 9.30. The van der Waals surface area contributed by atoms with Gasteiger partial charge in [0.05, 0.1) is 4.92 Å². The second-order valence-electron chi connectivity index (χ2n) is 4.43. The van der Waals surface area contributed by atoms with Gasteiger partial charge in [-0.15, -0.1) is 0 Å². The minimum atomic E-state index is -0.344. The largest absolute Gasteiger partial charge is 0.327 e. The molecule has 2 N–H and O–H groups in total. The Morgan fingerprint density at radius 2 is 2.31 bits per heavy atom. The summed E-state index contributed by atoms with van der Waals surface area (Å²) in [6.07, 6.45) is 1.98. The van der Waals surface area contributed by atoms with Crippen LogP contribution in [0.4, 0.5) is 5.69 Å². The van der Waals surface area contributed by atoms with Crippen LogP contribution in [0.3, 0.4) is 0 Å². The first kappa shape index (κ1) is 11.1. The lowest BCUT2D eigenvalue weighted by molar-refractivity contribution is -0.385. The lowest BCUT2D eigenvalue weighted by Crippen LogP contribution is -2.45. The van der Waals surface area contributed by atoms with Crippen molar-refractivity contribution in [1.29, 1.82) is 0 Å². The molecule has 1 aliphatic carbocycles. The highest BCUT2D eigenvalue weighted by Crippen LogP contribution is 2.43. The molecule has 0 saturated heterocycles. The quantitative estimate of drug-likeness (QED) is 0.628. The van der Waals surface area contributed by atoms with Gasteiger partial charge >= 0.3 is 0 Å². The number of benzene rings is 1. The maximum atomic E-state index is 10.7. The third-order valence-electron chi connectivity index (χ3n) is 3.57. The predicted molar refractivity (Wildman–Crippen MR) is 62.2 cm³/mol. The summed E-state index contributed by atoms with van der Waals surface area (Å²) in [6.45, 7) is 2.12. The molecule has 4 heteroatoms. The summed E-state index contributed by atoms with van der Waals surface area (Å²) in [5.74, 6) is 0.877. The molecule has 1 aromatic rings. The number of nitrogens with zero attached hydrogens (tertiary/aromatic N) is 1. The molecular formula is C12H16N2O2. The lowest BCUT2D eigenvalue weighted by atomic mass is 9.65. The molecule has 1 aliphatic rings. The van der Waals surface area contributed by atoms with Gasteiger partial charge in [0.15, 0.2) is 0 Å². The number of nitro benzene ring substituents is 1. The molecule has 16 heavy (non-hydrogen) atoms. The van der Waals surface area contributed by atoms with E-state index < -0.39 is 0 Å². The third kappa shape index (κ3) is 1.80.